The number of carbonyl (C=O) groups is 2. The van der Waals surface area contributed by atoms with Gasteiger partial charge in [0.1, 0.15) is 5.58 Å². The van der Waals surface area contributed by atoms with E-state index in [-0.39, 0.29) is 12.0 Å². The van der Waals surface area contributed by atoms with Crippen molar-refractivity contribution in [1.29, 1.82) is 0 Å². The third-order valence-corrected chi connectivity index (χ3v) is 2.36. The Morgan fingerprint density at radius 2 is 2.27 bits per heavy atom. The van der Waals surface area contributed by atoms with Gasteiger partial charge < -0.3 is 4.42 Å². The first-order chi connectivity index (χ1) is 7.26. The molecule has 0 spiro atoms. The molecular weight excluding hydrogens is 192 g/mol. The molecule has 3 heteroatoms. The maximum atomic E-state index is 11.1. The SMILES string of the molecule is CCc1cccc2cc(C(=O)C=O)oc12. The van der Waals surface area contributed by atoms with E-state index in [1.165, 1.54) is 0 Å². The predicted octanol–water partition coefficient (Wildman–Crippen LogP) is 2.38. The summed E-state index contributed by atoms with van der Waals surface area (Å²) in [6, 6.07) is 7.32. The summed E-state index contributed by atoms with van der Waals surface area (Å²) in [5, 5.41) is 0.861. The van der Waals surface area contributed by atoms with Crippen molar-refractivity contribution >= 4 is 23.0 Å². The summed E-state index contributed by atoms with van der Waals surface area (Å²) in [5.41, 5.74) is 1.74. The van der Waals surface area contributed by atoms with Crippen molar-refractivity contribution in [3.63, 3.8) is 0 Å². The van der Waals surface area contributed by atoms with Crippen LogP contribution in [0.3, 0.4) is 0 Å². The fourth-order valence-corrected chi connectivity index (χ4v) is 1.58. The van der Waals surface area contributed by atoms with Gasteiger partial charge >= 0.3 is 0 Å². The highest BCUT2D eigenvalue weighted by molar-refractivity contribution is 6.32. The molecule has 0 amide bonds. The van der Waals surface area contributed by atoms with E-state index in [0.717, 1.165) is 17.4 Å². The molecule has 0 saturated heterocycles. The number of Topliss-reactive ketones (excluding diaryl/α,β-unsaturated/α-hetero) is 1. The summed E-state index contributed by atoms with van der Waals surface area (Å²) in [7, 11) is 0. The molecule has 0 radical (unpaired) electrons. The van der Waals surface area contributed by atoms with Crippen LogP contribution in [0.4, 0.5) is 0 Å². The van der Waals surface area contributed by atoms with Crippen LogP contribution in [0, 0.1) is 0 Å². The summed E-state index contributed by atoms with van der Waals surface area (Å²) >= 11 is 0. The molecule has 0 atom stereocenters. The van der Waals surface area contributed by atoms with Crippen molar-refractivity contribution in [3.05, 3.63) is 35.6 Å². The van der Waals surface area contributed by atoms with Gasteiger partial charge in [-0.25, -0.2) is 0 Å². The summed E-state index contributed by atoms with van der Waals surface area (Å²) in [4.78, 5) is 21.4. The predicted molar refractivity (Wildman–Crippen MR) is 56.0 cm³/mol. The zero-order valence-electron chi connectivity index (χ0n) is 8.32. The molecule has 2 rings (SSSR count). The quantitative estimate of drug-likeness (QED) is 0.436. The Bertz CT molecular complexity index is 523. The average molecular weight is 202 g/mol. The van der Waals surface area contributed by atoms with E-state index in [9.17, 15) is 9.59 Å². The van der Waals surface area contributed by atoms with E-state index in [2.05, 4.69) is 0 Å². The summed E-state index contributed by atoms with van der Waals surface area (Å²) in [5.74, 6) is -0.505. The van der Waals surface area contributed by atoms with Crippen LogP contribution in [0.15, 0.2) is 28.7 Å². The van der Waals surface area contributed by atoms with E-state index in [0.29, 0.717) is 5.58 Å². The Labute approximate surface area is 86.7 Å². The van der Waals surface area contributed by atoms with Crippen molar-refractivity contribution in [2.24, 2.45) is 0 Å². The molecule has 76 valence electrons. The molecule has 0 aliphatic heterocycles. The number of rotatable bonds is 3. The number of fused-ring (bicyclic) bond motifs is 1. The average Bonchev–Trinajstić information content (AvgIpc) is 2.71. The summed E-state index contributed by atoms with van der Waals surface area (Å²) in [6.07, 6.45) is 1.10. The van der Waals surface area contributed by atoms with Gasteiger partial charge in [0, 0.05) is 5.39 Å². The van der Waals surface area contributed by atoms with Crippen LogP contribution in [-0.2, 0) is 11.2 Å². The third kappa shape index (κ3) is 1.56. The van der Waals surface area contributed by atoms with E-state index in [1.54, 1.807) is 6.07 Å². The van der Waals surface area contributed by atoms with Crippen molar-refractivity contribution < 1.29 is 14.0 Å². The van der Waals surface area contributed by atoms with Gasteiger partial charge in [-0.3, -0.25) is 9.59 Å². The van der Waals surface area contributed by atoms with E-state index in [1.807, 2.05) is 25.1 Å². The molecule has 0 N–H and O–H groups in total. The van der Waals surface area contributed by atoms with Crippen molar-refractivity contribution in [1.82, 2.24) is 0 Å². The molecule has 2 aromatic rings. The molecule has 1 aromatic heterocycles. The highest BCUT2D eigenvalue weighted by Crippen LogP contribution is 2.23. The van der Waals surface area contributed by atoms with Crippen LogP contribution < -0.4 is 0 Å². The van der Waals surface area contributed by atoms with Gasteiger partial charge in [-0.2, -0.15) is 0 Å². The van der Waals surface area contributed by atoms with Crippen LogP contribution in [0.25, 0.3) is 11.0 Å². The minimum atomic E-state index is -0.617. The second-order valence-electron chi connectivity index (χ2n) is 3.28. The molecule has 0 unspecified atom stereocenters. The number of benzene rings is 1. The van der Waals surface area contributed by atoms with Gasteiger partial charge in [-0.15, -0.1) is 0 Å². The van der Waals surface area contributed by atoms with Gasteiger partial charge in [-0.1, -0.05) is 25.1 Å². The number of aldehydes is 1. The number of aryl methyl sites for hydroxylation is 1. The number of hydrogen-bond acceptors (Lipinski definition) is 3. The minimum Gasteiger partial charge on any atom is -0.452 e. The largest absolute Gasteiger partial charge is 0.452 e. The number of carbonyl (C=O) groups excluding carboxylic acids is 2. The van der Waals surface area contributed by atoms with E-state index >= 15 is 0 Å². The second-order valence-corrected chi connectivity index (χ2v) is 3.28. The Hall–Kier alpha value is -1.90. The highest BCUT2D eigenvalue weighted by atomic mass is 16.3. The Balaban J connectivity index is 2.64. The summed E-state index contributed by atoms with van der Waals surface area (Å²) < 4.78 is 5.36. The van der Waals surface area contributed by atoms with Crippen LogP contribution in [0.5, 0.6) is 0 Å². The maximum absolute atomic E-state index is 11.1. The molecule has 0 aliphatic rings. The van der Waals surface area contributed by atoms with Crippen molar-refractivity contribution in [3.8, 4) is 0 Å². The fraction of sp³-hybridized carbons (Fsp3) is 0.167. The monoisotopic (exact) mass is 202 g/mol. The number of furan rings is 1. The first-order valence-corrected chi connectivity index (χ1v) is 4.77. The Morgan fingerprint density at radius 1 is 1.47 bits per heavy atom. The molecule has 0 bridgehead atoms. The molecule has 15 heavy (non-hydrogen) atoms. The minimum absolute atomic E-state index is 0.112. The molecule has 3 nitrogen and oxygen atoms in total. The van der Waals surface area contributed by atoms with Crippen molar-refractivity contribution in [2.75, 3.05) is 0 Å². The first-order valence-electron chi connectivity index (χ1n) is 4.77. The van der Waals surface area contributed by atoms with Gasteiger partial charge in [0.05, 0.1) is 0 Å². The maximum Gasteiger partial charge on any atom is 0.260 e. The van der Waals surface area contributed by atoms with Gasteiger partial charge in [0.15, 0.2) is 12.0 Å². The van der Waals surface area contributed by atoms with Gasteiger partial charge in [-0.05, 0) is 18.1 Å². The first kappa shape index (κ1) is 9.65. The van der Waals surface area contributed by atoms with Crippen molar-refractivity contribution in [2.45, 2.75) is 13.3 Å². The fourth-order valence-electron chi connectivity index (χ4n) is 1.58. The molecule has 0 fully saturated rings. The number of hydrogen-bond donors (Lipinski definition) is 0. The Morgan fingerprint density at radius 3 is 2.93 bits per heavy atom. The number of ketones is 1. The van der Waals surface area contributed by atoms with Gasteiger partial charge in [0.2, 0.25) is 0 Å². The topological polar surface area (TPSA) is 47.3 Å². The lowest BCUT2D eigenvalue weighted by molar-refractivity contribution is -0.104. The third-order valence-electron chi connectivity index (χ3n) is 2.36. The zero-order chi connectivity index (χ0) is 10.8. The molecule has 1 aromatic carbocycles. The molecule has 0 aliphatic carbocycles. The standard InChI is InChI=1S/C12H10O3/c1-2-8-4-3-5-9-6-11(10(14)7-13)15-12(8)9/h3-7H,2H2,1H3. The van der Waals surface area contributed by atoms with Crippen LogP contribution in [0.2, 0.25) is 0 Å². The number of para-hydroxylation sites is 1. The summed E-state index contributed by atoms with van der Waals surface area (Å²) in [6.45, 7) is 2.01. The lowest BCUT2D eigenvalue weighted by Crippen LogP contribution is -1.96. The van der Waals surface area contributed by atoms with Crippen LogP contribution >= 0.6 is 0 Å². The molecule has 0 saturated carbocycles. The Kier molecular flexibility index (Phi) is 2.37. The van der Waals surface area contributed by atoms with E-state index < -0.39 is 5.78 Å². The molecule has 1 heterocycles. The van der Waals surface area contributed by atoms with Gasteiger partial charge in [0.25, 0.3) is 5.78 Å². The zero-order valence-corrected chi connectivity index (χ0v) is 8.32. The lowest BCUT2D eigenvalue weighted by atomic mass is 10.1. The second kappa shape index (κ2) is 3.69. The smallest absolute Gasteiger partial charge is 0.260 e. The van der Waals surface area contributed by atoms with E-state index in [4.69, 9.17) is 4.42 Å². The molecular formula is C12H10O3. The normalized spacial score (nSPS) is 10.5. The highest BCUT2D eigenvalue weighted by Gasteiger charge is 2.12. The lowest BCUT2D eigenvalue weighted by Gasteiger charge is -1.95. The van der Waals surface area contributed by atoms with Crippen LogP contribution in [-0.4, -0.2) is 12.1 Å². The van der Waals surface area contributed by atoms with Crippen LogP contribution in [0.1, 0.15) is 23.0 Å².